The van der Waals surface area contributed by atoms with E-state index in [0.717, 1.165) is 29.5 Å². The molecule has 204 valence electrons. The second kappa shape index (κ2) is 12.3. The number of hydrogen-bond donors (Lipinski definition) is 1. The van der Waals surface area contributed by atoms with Crippen LogP contribution in [0.25, 0.3) is 0 Å². The van der Waals surface area contributed by atoms with Crippen LogP contribution >= 0.6 is 0 Å². The van der Waals surface area contributed by atoms with Crippen LogP contribution in [-0.2, 0) is 32.6 Å². The van der Waals surface area contributed by atoms with Gasteiger partial charge in [0.25, 0.3) is 15.9 Å². The molecule has 0 aromatic heterocycles. The zero-order chi connectivity index (χ0) is 28.0. The molecule has 3 aromatic carbocycles. The Balaban J connectivity index is 1.70. The Kier molecular flexibility index (Phi) is 8.81. The van der Waals surface area contributed by atoms with Gasteiger partial charge in [-0.2, -0.15) is 0 Å². The van der Waals surface area contributed by atoms with Gasteiger partial charge in [0, 0.05) is 19.5 Å². The highest BCUT2D eigenvalue weighted by molar-refractivity contribution is 7.90. The third kappa shape index (κ3) is 6.37. The quantitative estimate of drug-likeness (QED) is 0.369. The highest BCUT2D eigenvalue weighted by Gasteiger charge is 2.43. The molecule has 1 heterocycles. The van der Waals surface area contributed by atoms with E-state index in [4.69, 9.17) is 0 Å². The van der Waals surface area contributed by atoms with E-state index in [1.54, 1.807) is 6.07 Å². The number of hydrogen-bond acceptors (Lipinski definition) is 5. The van der Waals surface area contributed by atoms with Gasteiger partial charge < -0.3 is 10.2 Å². The predicted molar refractivity (Wildman–Crippen MR) is 148 cm³/mol. The highest BCUT2D eigenvalue weighted by atomic mass is 32.2. The first-order valence-electron chi connectivity index (χ1n) is 13.0. The lowest BCUT2D eigenvalue weighted by molar-refractivity contribution is -0.141. The van der Waals surface area contributed by atoms with Crippen LogP contribution in [0.1, 0.15) is 46.8 Å². The maximum Gasteiger partial charge on any atom is 0.269 e. The Hall–Kier alpha value is -3.98. The number of amides is 3. The fraction of sp³-hybridized carbons (Fsp3) is 0.300. The normalized spacial score (nSPS) is 14.5. The minimum Gasteiger partial charge on any atom is -0.354 e. The van der Waals surface area contributed by atoms with Crippen molar-refractivity contribution in [3.05, 3.63) is 101 Å². The van der Waals surface area contributed by atoms with Crippen LogP contribution < -0.4 is 5.32 Å². The maximum atomic E-state index is 13.9. The van der Waals surface area contributed by atoms with Crippen molar-refractivity contribution < 1.29 is 22.8 Å². The summed E-state index contributed by atoms with van der Waals surface area (Å²) in [5.74, 6) is -1.71. The van der Waals surface area contributed by atoms with E-state index in [9.17, 15) is 22.8 Å². The van der Waals surface area contributed by atoms with Crippen LogP contribution in [0.5, 0.6) is 0 Å². The molecule has 0 saturated heterocycles. The van der Waals surface area contributed by atoms with Gasteiger partial charge in [-0.15, -0.1) is 0 Å². The number of nitrogens with zero attached hydrogens (tertiary/aromatic N) is 2. The third-order valence-corrected chi connectivity index (χ3v) is 8.51. The molecular formula is C30H33N3O5S. The molecule has 9 heteroatoms. The van der Waals surface area contributed by atoms with Gasteiger partial charge in [-0.25, -0.2) is 12.7 Å². The number of unbranched alkanes of at least 4 members (excludes halogenated alkanes) is 1. The smallest absolute Gasteiger partial charge is 0.269 e. The summed E-state index contributed by atoms with van der Waals surface area (Å²) in [6.45, 7) is 3.79. The molecule has 0 saturated carbocycles. The minimum absolute atomic E-state index is 0.0358. The molecule has 1 unspecified atom stereocenters. The number of sulfonamides is 1. The monoisotopic (exact) mass is 547 g/mol. The molecule has 0 aliphatic carbocycles. The average molecular weight is 548 g/mol. The lowest BCUT2D eigenvalue weighted by atomic mass is 10.0. The molecule has 0 fully saturated rings. The van der Waals surface area contributed by atoms with Gasteiger partial charge in [0.2, 0.25) is 11.8 Å². The lowest BCUT2D eigenvalue weighted by Crippen LogP contribution is -2.53. The second-order valence-electron chi connectivity index (χ2n) is 9.67. The number of rotatable bonds is 11. The summed E-state index contributed by atoms with van der Waals surface area (Å²) >= 11 is 0. The number of carbonyl (C=O) groups excluding carboxylic acids is 3. The minimum atomic E-state index is -4.19. The van der Waals surface area contributed by atoms with Crippen molar-refractivity contribution in [1.29, 1.82) is 0 Å². The van der Waals surface area contributed by atoms with Crippen LogP contribution in [0.15, 0.2) is 83.8 Å². The predicted octanol–water partition coefficient (Wildman–Crippen LogP) is 3.70. The Morgan fingerprint density at radius 2 is 1.64 bits per heavy atom. The molecular weight excluding hydrogens is 514 g/mol. The van der Waals surface area contributed by atoms with Crippen LogP contribution in [0, 0.1) is 6.92 Å². The Labute approximate surface area is 229 Å². The third-order valence-electron chi connectivity index (χ3n) is 6.73. The van der Waals surface area contributed by atoms with Gasteiger partial charge in [-0.1, -0.05) is 85.6 Å². The van der Waals surface area contributed by atoms with E-state index < -0.39 is 34.4 Å². The van der Waals surface area contributed by atoms with Gasteiger partial charge in [0.15, 0.2) is 0 Å². The Morgan fingerprint density at radius 3 is 2.33 bits per heavy atom. The highest BCUT2D eigenvalue weighted by Crippen LogP contribution is 2.30. The first-order chi connectivity index (χ1) is 18.7. The maximum absolute atomic E-state index is 13.9. The van der Waals surface area contributed by atoms with Gasteiger partial charge in [-0.3, -0.25) is 14.4 Å². The van der Waals surface area contributed by atoms with Crippen LogP contribution in [0.2, 0.25) is 0 Å². The summed E-state index contributed by atoms with van der Waals surface area (Å²) in [5.41, 5.74) is 2.67. The molecule has 1 N–H and O–H groups in total. The van der Waals surface area contributed by atoms with E-state index in [2.05, 4.69) is 5.32 Å². The first-order valence-corrected chi connectivity index (χ1v) is 14.5. The van der Waals surface area contributed by atoms with Gasteiger partial charge in [-0.05, 0) is 36.6 Å². The fourth-order valence-electron chi connectivity index (χ4n) is 4.67. The summed E-state index contributed by atoms with van der Waals surface area (Å²) in [6.07, 6.45) is 1.91. The summed E-state index contributed by atoms with van der Waals surface area (Å²) in [7, 11) is -4.19. The van der Waals surface area contributed by atoms with Gasteiger partial charge in [0.1, 0.15) is 17.5 Å². The van der Waals surface area contributed by atoms with Crippen molar-refractivity contribution in [2.75, 3.05) is 13.1 Å². The standard InChI is InChI=1S/C30H33N3O5S/c1-3-4-17-31-29(35)26(19-23-12-6-5-7-13-23)32(20-24-14-10-11-22(2)18-24)28(34)21-33-30(36)25-15-8-9-16-27(25)39(33,37)38/h5-16,18,26H,3-4,17,19-21H2,1-2H3,(H,31,35). The largest absolute Gasteiger partial charge is 0.354 e. The number of fused-ring (bicyclic) bond motifs is 1. The molecule has 0 radical (unpaired) electrons. The van der Waals surface area contributed by atoms with Crippen molar-refractivity contribution >= 4 is 27.7 Å². The van der Waals surface area contributed by atoms with Gasteiger partial charge in [0.05, 0.1) is 5.56 Å². The topological polar surface area (TPSA) is 104 Å². The zero-order valence-electron chi connectivity index (χ0n) is 22.2. The number of carbonyl (C=O) groups is 3. The molecule has 1 aliphatic heterocycles. The van der Waals surface area contributed by atoms with E-state index in [1.165, 1.54) is 23.1 Å². The van der Waals surface area contributed by atoms with Crippen LogP contribution in [-0.4, -0.2) is 54.5 Å². The fourth-order valence-corrected chi connectivity index (χ4v) is 6.19. The first kappa shape index (κ1) is 28.0. The summed E-state index contributed by atoms with van der Waals surface area (Å²) < 4.78 is 27.0. The molecule has 0 spiro atoms. The van der Waals surface area contributed by atoms with Crippen molar-refractivity contribution in [3.63, 3.8) is 0 Å². The zero-order valence-corrected chi connectivity index (χ0v) is 23.0. The molecule has 3 amide bonds. The lowest BCUT2D eigenvalue weighted by Gasteiger charge is -2.32. The summed E-state index contributed by atoms with van der Waals surface area (Å²) in [6, 6.07) is 21.9. The van der Waals surface area contributed by atoms with Crippen molar-refractivity contribution in [1.82, 2.24) is 14.5 Å². The second-order valence-corrected chi connectivity index (χ2v) is 11.5. The van der Waals surface area contributed by atoms with E-state index in [1.807, 2.05) is 68.4 Å². The average Bonchev–Trinajstić information content (AvgIpc) is 3.12. The molecule has 39 heavy (non-hydrogen) atoms. The molecule has 0 bridgehead atoms. The number of nitrogens with one attached hydrogen (secondary N) is 1. The molecule has 1 atom stereocenters. The summed E-state index contributed by atoms with van der Waals surface area (Å²) in [5, 5.41) is 2.94. The van der Waals surface area contributed by atoms with Crippen molar-refractivity contribution in [2.24, 2.45) is 0 Å². The van der Waals surface area contributed by atoms with E-state index >= 15 is 0 Å². The summed E-state index contributed by atoms with van der Waals surface area (Å²) in [4.78, 5) is 41.8. The number of aryl methyl sites for hydroxylation is 1. The van der Waals surface area contributed by atoms with E-state index in [0.29, 0.717) is 10.8 Å². The van der Waals surface area contributed by atoms with Gasteiger partial charge >= 0.3 is 0 Å². The van der Waals surface area contributed by atoms with E-state index in [-0.39, 0.29) is 29.3 Å². The molecule has 8 nitrogen and oxygen atoms in total. The number of benzene rings is 3. The Bertz CT molecular complexity index is 1460. The van der Waals surface area contributed by atoms with Crippen LogP contribution in [0.3, 0.4) is 0 Å². The SMILES string of the molecule is CCCCNC(=O)C(Cc1ccccc1)N(Cc1cccc(C)c1)C(=O)CN1C(=O)c2ccccc2S1(=O)=O. The Morgan fingerprint density at radius 1 is 0.949 bits per heavy atom. The van der Waals surface area contributed by atoms with Crippen molar-refractivity contribution in [2.45, 2.75) is 50.6 Å². The molecule has 3 aromatic rings. The van der Waals surface area contributed by atoms with Crippen LogP contribution in [0.4, 0.5) is 0 Å². The van der Waals surface area contributed by atoms with Crippen molar-refractivity contribution in [3.8, 4) is 0 Å². The molecule has 1 aliphatic rings. The molecule has 4 rings (SSSR count).